The molecular weight excluding hydrogens is 477 g/mol. The topological polar surface area (TPSA) is 52.6 Å². The van der Waals surface area contributed by atoms with Gasteiger partial charge >= 0.3 is 6.18 Å². The van der Waals surface area contributed by atoms with E-state index < -0.39 is 28.0 Å². The molecule has 0 N–H and O–H groups in total. The third kappa shape index (κ3) is 7.71. The van der Waals surface area contributed by atoms with Gasteiger partial charge in [0, 0.05) is 6.42 Å². The van der Waals surface area contributed by atoms with Gasteiger partial charge in [-0.05, 0) is 72.1 Å². The molecule has 0 bridgehead atoms. The van der Waals surface area contributed by atoms with E-state index in [2.05, 4.69) is 13.8 Å². The molecule has 2 rings (SSSR count). The Morgan fingerprint density at radius 1 is 0.829 bits per heavy atom. The van der Waals surface area contributed by atoms with Gasteiger partial charge < -0.3 is 4.74 Å². The predicted octanol–water partition coefficient (Wildman–Crippen LogP) is 7.95. The lowest BCUT2D eigenvalue weighted by atomic mass is 9.89. The zero-order valence-corrected chi connectivity index (χ0v) is 22.6. The van der Waals surface area contributed by atoms with Crippen LogP contribution < -0.4 is 4.74 Å². The number of aryl methyl sites for hydroxylation is 1. The second kappa shape index (κ2) is 11.3. The second-order valence-electron chi connectivity index (χ2n) is 10.0. The molecule has 0 saturated carbocycles. The molecule has 0 amide bonds. The van der Waals surface area contributed by atoms with Crippen molar-refractivity contribution in [3.05, 3.63) is 58.1 Å². The van der Waals surface area contributed by atoms with E-state index in [1.54, 1.807) is 13.8 Å². The SMILES string of the molecule is Cc1cc(OC(C)CCOS(=O)(=O)c2c(C(C)C)cc(C(C)C)cc2C(C)C)cc(C(F)(F)F)c1. The largest absolute Gasteiger partial charge is 0.491 e. The number of rotatable bonds is 10. The summed E-state index contributed by atoms with van der Waals surface area (Å²) < 4.78 is 77.0. The number of hydrogen-bond donors (Lipinski definition) is 0. The summed E-state index contributed by atoms with van der Waals surface area (Å²) in [7, 11) is -4.06. The Morgan fingerprint density at radius 3 is 1.83 bits per heavy atom. The molecule has 4 nitrogen and oxygen atoms in total. The fourth-order valence-electron chi connectivity index (χ4n) is 3.83. The molecule has 2 aromatic carbocycles. The quantitative estimate of drug-likeness (QED) is 0.302. The first-order valence-electron chi connectivity index (χ1n) is 12.0. The maximum Gasteiger partial charge on any atom is 0.416 e. The molecule has 0 aliphatic carbocycles. The van der Waals surface area contributed by atoms with Gasteiger partial charge in [0.25, 0.3) is 10.1 Å². The standard InChI is InChI=1S/C27H37F3O4S/c1-16(2)21-13-24(17(3)4)26(25(14-21)18(5)6)35(31,32)33-10-9-20(8)34-23-12-19(7)11-22(15-23)27(28,29)30/h11-18,20H,9-10H2,1-8H3. The molecule has 0 saturated heterocycles. The first-order valence-corrected chi connectivity index (χ1v) is 13.4. The maximum absolute atomic E-state index is 13.3. The van der Waals surface area contributed by atoms with Crippen molar-refractivity contribution in [3.8, 4) is 5.75 Å². The molecule has 0 fully saturated rings. The van der Waals surface area contributed by atoms with Crippen LogP contribution >= 0.6 is 0 Å². The molecule has 8 heteroatoms. The Bertz CT molecular complexity index is 1090. The molecule has 0 spiro atoms. The van der Waals surface area contributed by atoms with Crippen molar-refractivity contribution in [1.29, 1.82) is 0 Å². The number of ether oxygens (including phenoxy) is 1. The van der Waals surface area contributed by atoms with Crippen LogP contribution in [-0.4, -0.2) is 21.1 Å². The summed E-state index contributed by atoms with van der Waals surface area (Å²) in [6, 6.07) is 7.40. The molecule has 1 unspecified atom stereocenters. The van der Waals surface area contributed by atoms with Gasteiger partial charge in [-0.1, -0.05) is 53.7 Å². The van der Waals surface area contributed by atoms with Crippen molar-refractivity contribution in [2.24, 2.45) is 0 Å². The average molecular weight is 515 g/mol. The van der Waals surface area contributed by atoms with E-state index in [0.29, 0.717) is 5.56 Å². The normalized spacial score (nSPS) is 13.7. The Balaban J connectivity index is 2.21. The Morgan fingerprint density at radius 2 is 1.37 bits per heavy atom. The molecule has 35 heavy (non-hydrogen) atoms. The zero-order valence-electron chi connectivity index (χ0n) is 21.8. The van der Waals surface area contributed by atoms with E-state index >= 15 is 0 Å². The number of hydrogen-bond acceptors (Lipinski definition) is 4. The van der Waals surface area contributed by atoms with E-state index in [1.165, 1.54) is 6.07 Å². The van der Waals surface area contributed by atoms with Crippen molar-refractivity contribution >= 4 is 10.1 Å². The maximum atomic E-state index is 13.3. The van der Waals surface area contributed by atoms with Crippen LogP contribution in [-0.2, 0) is 20.5 Å². The molecular formula is C27H37F3O4S. The van der Waals surface area contributed by atoms with Crippen LogP contribution in [0.15, 0.2) is 35.2 Å². The van der Waals surface area contributed by atoms with Crippen LogP contribution in [0.25, 0.3) is 0 Å². The Labute approximate surface area is 208 Å². The first-order chi connectivity index (χ1) is 16.0. The summed E-state index contributed by atoms with van der Waals surface area (Å²) in [6.07, 6.45) is -4.84. The zero-order chi connectivity index (χ0) is 26.7. The third-order valence-corrected chi connectivity index (χ3v) is 7.26. The summed E-state index contributed by atoms with van der Waals surface area (Å²) >= 11 is 0. The van der Waals surface area contributed by atoms with Crippen molar-refractivity contribution < 1.29 is 30.5 Å². The van der Waals surface area contributed by atoms with Crippen molar-refractivity contribution in [2.75, 3.05) is 6.61 Å². The first kappa shape index (κ1) is 29.2. The van der Waals surface area contributed by atoms with E-state index in [4.69, 9.17) is 8.92 Å². The highest BCUT2D eigenvalue weighted by Crippen LogP contribution is 2.36. The van der Waals surface area contributed by atoms with Gasteiger partial charge in [-0.15, -0.1) is 0 Å². The monoisotopic (exact) mass is 514 g/mol. The highest BCUT2D eigenvalue weighted by molar-refractivity contribution is 7.86. The molecule has 2 aromatic rings. The second-order valence-corrected chi connectivity index (χ2v) is 11.6. The van der Waals surface area contributed by atoms with Crippen molar-refractivity contribution in [1.82, 2.24) is 0 Å². The molecule has 0 radical (unpaired) electrons. The molecule has 0 aliphatic heterocycles. The lowest BCUT2D eigenvalue weighted by Crippen LogP contribution is -2.19. The van der Waals surface area contributed by atoms with Gasteiger partial charge in [-0.2, -0.15) is 21.6 Å². The average Bonchev–Trinajstić information content (AvgIpc) is 2.71. The van der Waals surface area contributed by atoms with Gasteiger partial charge in [0.2, 0.25) is 0 Å². The van der Waals surface area contributed by atoms with Crippen LogP contribution in [0.3, 0.4) is 0 Å². The van der Waals surface area contributed by atoms with Crippen molar-refractivity contribution in [2.45, 2.75) is 96.7 Å². The molecule has 1 atom stereocenters. The van der Waals surface area contributed by atoms with E-state index in [0.717, 1.165) is 28.8 Å². The minimum absolute atomic E-state index is 0.0222. The van der Waals surface area contributed by atoms with Crippen LogP contribution in [0.4, 0.5) is 13.2 Å². The minimum atomic E-state index is -4.47. The van der Waals surface area contributed by atoms with Crippen LogP contribution in [0.2, 0.25) is 0 Å². The third-order valence-electron chi connectivity index (χ3n) is 5.81. The molecule has 0 aliphatic rings. The lowest BCUT2D eigenvalue weighted by molar-refractivity contribution is -0.137. The number of benzene rings is 2. The fourth-order valence-corrected chi connectivity index (χ4v) is 5.43. The number of alkyl halides is 3. The van der Waals surface area contributed by atoms with Crippen molar-refractivity contribution in [3.63, 3.8) is 0 Å². The predicted molar refractivity (Wildman–Crippen MR) is 133 cm³/mol. The molecule has 0 heterocycles. The van der Waals surface area contributed by atoms with E-state index in [1.807, 2.05) is 39.8 Å². The lowest BCUT2D eigenvalue weighted by Gasteiger charge is -2.22. The smallest absolute Gasteiger partial charge is 0.416 e. The highest BCUT2D eigenvalue weighted by atomic mass is 32.2. The highest BCUT2D eigenvalue weighted by Gasteiger charge is 2.31. The van der Waals surface area contributed by atoms with Gasteiger partial charge in [-0.3, -0.25) is 4.18 Å². The Kier molecular flexibility index (Phi) is 9.45. The fraction of sp³-hybridized carbons (Fsp3) is 0.556. The van der Waals surface area contributed by atoms with Gasteiger partial charge in [0.15, 0.2) is 0 Å². The molecule has 0 aromatic heterocycles. The number of halogens is 3. The van der Waals surface area contributed by atoms with Gasteiger partial charge in [-0.25, -0.2) is 0 Å². The Hall–Kier alpha value is -2.06. The van der Waals surface area contributed by atoms with Gasteiger partial charge in [0.05, 0.1) is 18.3 Å². The van der Waals surface area contributed by atoms with E-state index in [9.17, 15) is 21.6 Å². The van der Waals surface area contributed by atoms with Crippen LogP contribution in [0, 0.1) is 6.92 Å². The van der Waals surface area contributed by atoms with Gasteiger partial charge in [0.1, 0.15) is 10.6 Å². The summed E-state index contributed by atoms with van der Waals surface area (Å²) in [6.45, 7) is 15.0. The summed E-state index contributed by atoms with van der Waals surface area (Å²) in [5.74, 6) is 0.290. The summed E-state index contributed by atoms with van der Waals surface area (Å²) in [4.78, 5) is 0.217. The summed E-state index contributed by atoms with van der Waals surface area (Å²) in [5.41, 5.74) is 2.17. The minimum Gasteiger partial charge on any atom is -0.491 e. The molecule has 196 valence electrons. The van der Waals surface area contributed by atoms with Crippen LogP contribution in [0.5, 0.6) is 5.75 Å². The van der Waals surface area contributed by atoms with E-state index in [-0.39, 0.29) is 41.4 Å². The van der Waals surface area contributed by atoms with Crippen LogP contribution in [0.1, 0.15) is 100 Å². The summed E-state index contributed by atoms with van der Waals surface area (Å²) in [5, 5.41) is 0.